The molecule has 1 N–H and O–H groups in total. The van der Waals surface area contributed by atoms with Crippen molar-refractivity contribution in [1.82, 2.24) is 25.2 Å². The van der Waals surface area contributed by atoms with Gasteiger partial charge in [-0.1, -0.05) is 24.4 Å². The van der Waals surface area contributed by atoms with Gasteiger partial charge >= 0.3 is 0 Å². The van der Waals surface area contributed by atoms with Crippen LogP contribution < -0.4 is 5.32 Å². The molecule has 1 unspecified atom stereocenters. The molecule has 0 bridgehead atoms. The maximum absolute atomic E-state index is 5.40. The largest absolute Gasteiger partial charge is 0.338 e. The molecular formula is C17H27N5O. The molecule has 3 rings (SSSR count). The van der Waals surface area contributed by atoms with Gasteiger partial charge < -0.3 is 9.84 Å². The molecule has 1 atom stereocenters. The number of aromatic nitrogens is 4. The van der Waals surface area contributed by atoms with E-state index in [-0.39, 0.29) is 6.04 Å². The highest BCUT2D eigenvalue weighted by Crippen LogP contribution is 2.30. The van der Waals surface area contributed by atoms with Crippen LogP contribution in [0.3, 0.4) is 0 Å². The smallest absolute Gasteiger partial charge is 0.240 e. The summed E-state index contributed by atoms with van der Waals surface area (Å²) in [4.78, 5) is 4.57. The lowest BCUT2D eigenvalue weighted by Crippen LogP contribution is -2.30. The summed E-state index contributed by atoms with van der Waals surface area (Å²) in [6.45, 7) is 7.70. The molecule has 0 spiro atoms. The Morgan fingerprint density at radius 2 is 2.09 bits per heavy atom. The van der Waals surface area contributed by atoms with Gasteiger partial charge in [-0.2, -0.15) is 10.1 Å². The van der Waals surface area contributed by atoms with Crippen LogP contribution in [-0.2, 0) is 13.1 Å². The number of rotatable bonds is 6. The van der Waals surface area contributed by atoms with Gasteiger partial charge in [-0.25, -0.2) is 0 Å². The van der Waals surface area contributed by atoms with Gasteiger partial charge in [-0.15, -0.1) is 0 Å². The predicted octanol–water partition coefficient (Wildman–Crippen LogP) is 3.11. The minimum absolute atomic E-state index is 0.290. The molecule has 6 heteroatoms. The van der Waals surface area contributed by atoms with Crippen molar-refractivity contribution in [2.75, 3.05) is 0 Å². The van der Waals surface area contributed by atoms with Crippen molar-refractivity contribution in [2.45, 2.75) is 77.9 Å². The van der Waals surface area contributed by atoms with E-state index in [9.17, 15) is 0 Å². The topological polar surface area (TPSA) is 68.8 Å². The Hall–Kier alpha value is -1.69. The fraction of sp³-hybridized carbons (Fsp3) is 0.706. The zero-order chi connectivity index (χ0) is 16.2. The van der Waals surface area contributed by atoms with Crippen LogP contribution in [0.2, 0.25) is 0 Å². The fourth-order valence-corrected chi connectivity index (χ4v) is 3.31. The summed E-state index contributed by atoms with van der Waals surface area (Å²) in [5.41, 5.74) is 2.25. The maximum atomic E-state index is 5.40. The van der Waals surface area contributed by atoms with Gasteiger partial charge in [0, 0.05) is 17.7 Å². The molecule has 1 aliphatic carbocycles. The summed E-state index contributed by atoms with van der Waals surface area (Å²) in [5, 5.41) is 12.1. The summed E-state index contributed by atoms with van der Waals surface area (Å²) in [5.74, 6) is 2.08. The number of nitrogens with zero attached hydrogens (tertiary/aromatic N) is 4. The average Bonchev–Trinajstić information content (AvgIpc) is 3.13. The Morgan fingerprint density at radius 1 is 1.30 bits per heavy atom. The van der Waals surface area contributed by atoms with Crippen LogP contribution in [0.25, 0.3) is 0 Å². The highest BCUT2D eigenvalue weighted by molar-refractivity contribution is 5.06. The second-order valence-electron chi connectivity index (χ2n) is 6.77. The minimum Gasteiger partial charge on any atom is -0.338 e. The minimum atomic E-state index is 0.290. The maximum Gasteiger partial charge on any atom is 0.240 e. The molecule has 0 radical (unpaired) electrons. The Bertz CT molecular complexity index is 627. The zero-order valence-corrected chi connectivity index (χ0v) is 14.4. The van der Waals surface area contributed by atoms with Crippen LogP contribution in [0.15, 0.2) is 10.6 Å². The molecule has 1 saturated carbocycles. The van der Waals surface area contributed by atoms with E-state index in [0.717, 1.165) is 18.1 Å². The second-order valence-corrected chi connectivity index (χ2v) is 6.77. The lowest BCUT2D eigenvalue weighted by molar-refractivity contribution is 0.339. The van der Waals surface area contributed by atoms with E-state index < -0.39 is 0 Å². The van der Waals surface area contributed by atoms with E-state index in [1.54, 1.807) is 0 Å². The molecule has 2 aromatic heterocycles. The van der Waals surface area contributed by atoms with Crippen LogP contribution in [0.5, 0.6) is 0 Å². The van der Waals surface area contributed by atoms with Gasteiger partial charge in [0.15, 0.2) is 5.82 Å². The normalized spacial score (nSPS) is 17.5. The SMILES string of the molecule is Cc1cc(C)n(CC(C)NCc2nc(C3CCCCC3)no2)n1. The summed E-state index contributed by atoms with van der Waals surface area (Å²) in [6.07, 6.45) is 6.30. The summed E-state index contributed by atoms with van der Waals surface area (Å²) in [6, 6.07) is 2.39. The quantitative estimate of drug-likeness (QED) is 0.886. The van der Waals surface area contributed by atoms with Crippen molar-refractivity contribution < 1.29 is 4.52 Å². The number of aryl methyl sites for hydroxylation is 2. The Morgan fingerprint density at radius 3 is 2.78 bits per heavy atom. The lowest BCUT2D eigenvalue weighted by atomic mass is 9.89. The van der Waals surface area contributed by atoms with Crippen molar-refractivity contribution >= 4 is 0 Å². The first kappa shape index (κ1) is 16.2. The van der Waals surface area contributed by atoms with E-state index in [1.807, 2.05) is 11.6 Å². The molecular weight excluding hydrogens is 290 g/mol. The third-order valence-electron chi connectivity index (χ3n) is 4.61. The van der Waals surface area contributed by atoms with E-state index in [2.05, 4.69) is 40.5 Å². The van der Waals surface area contributed by atoms with E-state index in [1.165, 1.54) is 37.8 Å². The summed E-state index contributed by atoms with van der Waals surface area (Å²) >= 11 is 0. The van der Waals surface area contributed by atoms with Crippen molar-refractivity contribution in [3.63, 3.8) is 0 Å². The van der Waals surface area contributed by atoms with E-state index >= 15 is 0 Å². The third kappa shape index (κ3) is 4.19. The van der Waals surface area contributed by atoms with E-state index in [0.29, 0.717) is 18.4 Å². The first-order valence-electron chi connectivity index (χ1n) is 8.68. The zero-order valence-electron chi connectivity index (χ0n) is 14.4. The predicted molar refractivity (Wildman–Crippen MR) is 88.1 cm³/mol. The van der Waals surface area contributed by atoms with Crippen LogP contribution in [0.4, 0.5) is 0 Å². The molecule has 1 aliphatic rings. The van der Waals surface area contributed by atoms with Gasteiger partial charge in [0.2, 0.25) is 5.89 Å². The Balaban J connectivity index is 1.50. The Labute approximate surface area is 137 Å². The highest BCUT2D eigenvalue weighted by atomic mass is 16.5. The van der Waals surface area contributed by atoms with Crippen LogP contribution in [0.1, 0.15) is 68.0 Å². The molecule has 2 aromatic rings. The lowest BCUT2D eigenvalue weighted by Gasteiger charge is -2.17. The molecule has 1 fully saturated rings. The van der Waals surface area contributed by atoms with Crippen molar-refractivity contribution in [1.29, 1.82) is 0 Å². The van der Waals surface area contributed by atoms with Gasteiger partial charge in [-0.3, -0.25) is 4.68 Å². The molecule has 126 valence electrons. The third-order valence-corrected chi connectivity index (χ3v) is 4.61. The number of hydrogen-bond acceptors (Lipinski definition) is 5. The van der Waals surface area contributed by atoms with Gasteiger partial charge in [0.1, 0.15) is 0 Å². The van der Waals surface area contributed by atoms with Crippen LogP contribution >= 0.6 is 0 Å². The fourth-order valence-electron chi connectivity index (χ4n) is 3.31. The Kier molecular flexibility index (Phi) is 5.10. The summed E-state index contributed by atoms with van der Waals surface area (Å²) in [7, 11) is 0. The molecule has 0 aliphatic heterocycles. The standard InChI is InChI=1S/C17H27N5O/c1-12-9-14(3)22(20-12)11-13(2)18-10-16-19-17(21-23-16)15-7-5-4-6-8-15/h9,13,15,18H,4-8,10-11H2,1-3H3. The molecule has 0 aromatic carbocycles. The van der Waals surface area contributed by atoms with E-state index in [4.69, 9.17) is 4.52 Å². The average molecular weight is 317 g/mol. The molecule has 0 amide bonds. The molecule has 0 saturated heterocycles. The van der Waals surface area contributed by atoms with Crippen molar-refractivity contribution in [3.8, 4) is 0 Å². The monoisotopic (exact) mass is 317 g/mol. The summed E-state index contributed by atoms with van der Waals surface area (Å²) < 4.78 is 7.44. The highest BCUT2D eigenvalue weighted by Gasteiger charge is 2.21. The van der Waals surface area contributed by atoms with Gasteiger partial charge in [0.05, 0.1) is 18.8 Å². The first-order chi connectivity index (χ1) is 11.1. The number of nitrogens with one attached hydrogen (secondary N) is 1. The first-order valence-corrected chi connectivity index (χ1v) is 8.68. The molecule has 6 nitrogen and oxygen atoms in total. The molecule has 23 heavy (non-hydrogen) atoms. The van der Waals surface area contributed by atoms with Gasteiger partial charge in [0.25, 0.3) is 0 Å². The van der Waals surface area contributed by atoms with Crippen LogP contribution in [0, 0.1) is 13.8 Å². The van der Waals surface area contributed by atoms with Crippen LogP contribution in [-0.4, -0.2) is 26.0 Å². The molecule has 2 heterocycles. The van der Waals surface area contributed by atoms with Crippen molar-refractivity contribution in [2.24, 2.45) is 0 Å². The second kappa shape index (κ2) is 7.25. The number of hydrogen-bond donors (Lipinski definition) is 1. The van der Waals surface area contributed by atoms with Gasteiger partial charge in [-0.05, 0) is 39.7 Å². The van der Waals surface area contributed by atoms with Crippen molar-refractivity contribution in [3.05, 3.63) is 29.2 Å².